The minimum Gasteiger partial charge on any atom is -0.217 e. The van der Waals surface area contributed by atoms with Crippen molar-refractivity contribution in [1.82, 2.24) is 9.97 Å². The van der Waals surface area contributed by atoms with E-state index >= 15 is 0 Å². The third kappa shape index (κ3) is 1.99. The molecule has 0 saturated carbocycles. The standard InChI is InChI=1S/C18H9ClN2/c19-18-20-16(13-7-2-1-3-8-13)15-11-10-12-6-4-5-9-14(12)17(15)21-18/h1-9H. The number of hydrogen-bond acceptors (Lipinski definition) is 2. The number of hydrogen-bond donors (Lipinski definition) is 0. The van der Waals surface area contributed by atoms with Crippen molar-refractivity contribution in [3.63, 3.8) is 0 Å². The summed E-state index contributed by atoms with van der Waals surface area (Å²) in [6.07, 6.45) is 0. The van der Waals surface area contributed by atoms with Gasteiger partial charge in [0.15, 0.2) is 0 Å². The van der Waals surface area contributed by atoms with E-state index in [4.69, 9.17) is 11.6 Å². The number of aromatic nitrogens is 2. The van der Waals surface area contributed by atoms with E-state index in [1.165, 1.54) is 0 Å². The summed E-state index contributed by atoms with van der Waals surface area (Å²) in [5.41, 5.74) is 2.59. The van der Waals surface area contributed by atoms with Crippen LogP contribution in [0.25, 0.3) is 32.9 Å². The molecule has 0 aliphatic heterocycles. The maximum Gasteiger partial charge on any atom is 0.223 e. The van der Waals surface area contributed by atoms with E-state index in [0.29, 0.717) is 0 Å². The van der Waals surface area contributed by atoms with Crippen molar-refractivity contribution in [2.45, 2.75) is 0 Å². The van der Waals surface area contributed by atoms with Gasteiger partial charge in [0.2, 0.25) is 5.28 Å². The third-order valence-electron chi connectivity index (χ3n) is 3.43. The van der Waals surface area contributed by atoms with Crippen molar-refractivity contribution >= 4 is 33.3 Å². The number of benzene rings is 2. The molecular formula is C18H9ClN2. The van der Waals surface area contributed by atoms with E-state index in [0.717, 1.165) is 32.9 Å². The second kappa shape index (κ2) is 4.73. The van der Waals surface area contributed by atoms with Gasteiger partial charge in [-0.25, -0.2) is 9.97 Å². The van der Waals surface area contributed by atoms with Crippen molar-refractivity contribution in [1.29, 1.82) is 0 Å². The van der Waals surface area contributed by atoms with Gasteiger partial charge in [-0.2, -0.15) is 0 Å². The van der Waals surface area contributed by atoms with Crippen LogP contribution in [0.2, 0.25) is 5.28 Å². The quantitative estimate of drug-likeness (QED) is 0.474. The molecule has 98 valence electrons. The minimum absolute atomic E-state index is 0.242. The van der Waals surface area contributed by atoms with Gasteiger partial charge >= 0.3 is 0 Å². The molecule has 0 amide bonds. The summed E-state index contributed by atoms with van der Waals surface area (Å²) >= 11 is 6.13. The molecule has 1 heterocycles. The fourth-order valence-corrected chi connectivity index (χ4v) is 2.65. The molecule has 0 unspecified atom stereocenters. The zero-order valence-electron chi connectivity index (χ0n) is 11.0. The third-order valence-corrected chi connectivity index (χ3v) is 3.60. The molecule has 0 spiro atoms. The first kappa shape index (κ1) is 12.1. The van der Waals surface area contributed by atoms with Gasteiger partial charge in [-0.3, -0.25) is 0 Å². The topological polar surface area (TPSA) is 25.8 Å². The molecule has 4 rings (SSSR count). The van der Waals surface area contributed by atoms with Crippen LogP contribution in [0.15, 0.2) is 54.6 Å². The van der Waals surface area contributed by atoms with E-state index < -0.39 is 0 Å². The Kier molecular flexibility index (Phi) is 2.73. The number of fused-ring (bicyclic) bond motifs is 3. The molecule has 0 aliphatic rings. The molecule has 0 fully saturated rings. The highest BCUT2D eigenvalue weighted by atomic mass is 35.5. The lowest BCUT2D eigenvalue weighted by molar-refractivity contribution is 1.23. The second-order valence-electron chi connectivity index (χ2n) is 4.73. The van der Waals surface area contributed by atoms with E-state index in [9.17, 15) is 0 Å². The molecule has 1 aromatic heterocycles. The summed E-state index contributed by atoms with van der Waals surface area (Å²) in [6, 6.07) is 24.2. The maximum atomic E-state index is 6.13. The lowest BCUT2D eigenvalue weighted by Gasteiger charge is -2.06. The first-order valence-electron chi connectivity index (χ1n) is 6.57. The highest BCUT2D eigenvalue weighted by Crippen LogP contribution is 2.29. The van der Waals surface area contributed by atoms with Crippen LogP contribution < -0.4 is 0 Å². The van der Waals surface area contributed by atoms with Gasteiger partial charge in [-0.15, -0.1) is 0 Å². The van der Waals surface area contributed by atoms with E-state index in [1.54, 1.807) is 0 Å². The van der Waals surface area contributed by atoms with Crippen molar-refractivity contribution in [3.05, 3.63) is 72.0 Å². The smallest absolute Gasteiger partial charge is 0.217 e. The van der Waals surface area contributed by atoms with Crippen LogP contribution in [-0.4, -0.2) is 9.97 Å². The predicted molar refractivity (Wildman–Crippen MR) is 85.2 cm³/mol. The normalized spacial score (nSPS) is 10.7. The van der Waals surface area contributed by atoms with Crippen LogP contribution in [-0.2, 0) is 0 Å². The molecule has 21 heavy (non-hydrogen) atoms. The molecule has 0 saturated heterocycles. The first-order valence-corrected chi connectivity index (χ1v) is 6.95. The molecule has 4 aromatic rings. The lowest BCUT2D eigenvalue weighted by Crippen LogP contribution is -1.91. The summed E-state index contributed by atoms with van der Waals surface area (Å²) in [5, 5.41) is 3.06. The number of rotatable bonds is 1. The Morgan fingerprint density at radius 1 is 0.810 bits per heavy atom. The SMILES string of the molecule is Clc1nc(-c2ccccc2)c2c#cc3ccccc3c2n1. The molecule has 3 aromatic carbocycles. The largest absolute Gasteiger partial charge is 0.223 e. The molecular weight excluding hydrogens is 280 g/mol. The Balaban J connectivity index is 2.15. The predicted octanol–water partition coefficient (Wildman–Crippen LogP) is 4.70. The molecule has 3 heteroatoms. The highest BCUT2D eigenvalue weighted by Gasteiger charge is 2.10. The molecule has 0 atom stereocenters. The van der Waals surface area contributed by atoms with Crippen LogP contribution in [0.3, 0.4) is 0 Å². The van der Waals surface area contributed by atoms with Crippen LogP contribution in [0.5, 0.6) is 0 Å². The number of nitrogens with zero attached hydrogens (tertiary/aromatic N) is 2. The highest BCUT2D eigenvalue weighted by molar-refractivity contribution is 6.29. The second-order valence-corrected chi connectivity index (χ2v) is 5.06. The van der Waals surface area contributed by atoms with Gasteiger partial charge in [-0.1, -0.05) is 60.7 Å². The van der Waals surface area contributed by atoms with E-state index in [1.807, 2.05) is 54.6 Å². The maximum absolute atomic E-state index is 6.13. The average molecular weight is 289 g/mol. The lowest BCUT2D eigenvalue weighted by atomic mass is 10.0. The Bertz CT molecular complexity index is 949. The van der Waals surface area contributed by atoms with Crippen LogP contribution >= 0.6 is 11.6 Å². The summed E-state index contributed by atoms with van der Waals surface area (Å²) in [6.45, 7) is 0. The van der Waals surface area contributed by atoms with Gasteiger partial charge in [0.25, 0.3) is 0 Å². The van der Waals surface area contributed by atoms with E-state index in [2.05, 4.69) is 22.1 Å². The van der Waals surface area contributed by atoms with Crippen molar-refractivity contribution in [2.24, 2.45) is 0 Å². The van der Waals surface area contributed by atoms with Crippen molar-refractivity contribution < 1.29 is 0 Å². The van der Waals surface area contributed by atoms with Gasteiger partial charge in [0, 0.05) is 16.3 Å². The summed E-state index contributed by atoms with van der Waals surface area (Å²) in [7, 11) is 0. The van der Waals surface area contributed by atoms with Gasteiger partial charge in [0.1, 0.15) is 0 Å². The summed E-state index contributed by atoms with van der Waals surface area (Å²) in [4.78, 5) is 8.77. The van der Waals surface area contributed by atoms with Crippen molar-refractivity contribution in [2.75, 3.05) is 0 Å². The van der Waals surface area contributed by atoms with Crippen LogP contribution in [0.4, 0.5) is 0 Å². The van der Waals surface area contributed by atoms with Crippen molar-refractivity contribution in [3.8, 4) is 11.3 Å². The van der Waals surface area contributed by atoms with Crippen LogP contribution in [0, 0.1) is 12.1 Å². The first-order chi connectivity index (χ1) is 10.3. The fourth-order valence-electron chi connectivity index (χ4n) is 2.48. The minimum atomic E-state index is 0.242. The zero-order valence-corrected chi connectivity index (χ0v) is 11.7. The van der Waals surface area contributed by atoms with Crippen LogP contribution in [0.1, 0.15) is 0 Å². The Labute approximate surface area is 127 Å². The van der Waals surface area contributed by atoms with Gasteiger partial charge in [0.05, 0.1) is 16.6 Å². The van der Waals surface area contributed by atoms with Gasteiger partial charge in [-0.05, 0) is 17.7 Å². The molecule has 2 nitrogen and oxygen atoms in total. The summed E-state index contributed by atoms with van der Waals surface area (Å²) in [5.74, 6) is 0. The summed E-state index contributed by atoms with van der Waals surface area (Å²) < 4.78 is 0. The Morgan fingerprint density at radius 2 is 1.57 bits per heavy atom. The average Bonchev–Trinajstić information content (AvgIpc) is 2.55. The molecule has 0 bridgehead atoms. The van der Waals surface area contributed by atoms with Gasteiger partial charge < -0.3 is 0 Å². The Hall–Kier alpha value is -2.63. The zero-order chi connectivity index (χ0) is 14.2. The Morgan fingerprint density at radius 3 is 2.43 bits per heavy atom. The molecule has 0 radical (unpaired) electrons. The molecule has 0 N–H and O–H groups in total. The van der Waals surface area contributed by atoms with E-state index in [-0.39, 0.29) is 5.28 Å². The fraction of sp³-hybridized carbons (Fsp3) is 0. The monoisotopic (exact) mass is 288 g/mol. The number of halogens is 1. The molecule has 0 aliphatic carbocycles.